The Labute approximate surface area is 190 Å². The third-order valence-corrected chi connectivity index (χ3v) is 5.84. The Bertz CT molecular complexity index is 1470. The molecule has 0 spiro atoms. The summed E-state index contributed by atoms with van der Waals surface area (Å²) in [5, 5.41) is 5.93. The van der Waals surface area contributed by atoms with Crippen LogP contribution in [0, 0.1) is 13.8 Å². The van der Waals surface area contributed by atoms with E-state index < -0.39 is 11.6 Å². The fraction of sp³-hybridized carbons (Fsp3) is 0.308. The van der Waals surface area contributed by atoms with Crippen LogP contribution in [0.1, 0.15) is 53.4 Å². The zero-order valence-corrected chi connectivity index (χ0v) is 19.0. The van der Waals surface area contributed by atoms with Crippen LogP contribution in [0.4, 0.5) is 0 Å². The summed E-state index contributed by atoms with van der Waals surface area (Å²) >= 11 is 0. The Hall–Kier alpha value is -3.74. The second-order valence-corrected chi connectivity index (χ2v) is 8.23. The first-order valence-electron chi connectivity index (χ1n) is 11.1. The van der Waals surface area contributed by atoms with Gasteiger partial charge in [0.15, 0.2) is 5.69 Å². The molecule has 0 aliphatic rings. The number of unbranched alkanes of at least 4 members (excludes halogenated alkanes) is 2. The number of rotatable bonds is 7. The molecule has 0 saturated heterocycles. The summed E-state index contributed by atoms with van der Waals surface area (Å²) in [5.74, 6) is -0.652. The number of aromatic nitrogens is 2. The van der Waals surface area contributed by atoms with Gasteiger partial charge in [-0.1, -0.05) is 38.0 Å². The zero-order chi connectivity index (χ0) is 23.5. The minimum Gasteiger partial charge on any atom is -0.456 e. The first kappa shape index (κ1) is 22.5. The first-order valence-corrected chi connectivity index (χ1v) is 11.1. The summed E-state index contributed by atoms with van der Waals surface area (Å²) in [7, 11) is 0. The van der Waals surface area contributed by atoms with Crippen molar-refractivity contribution in [1.29, 1.82) is 0 Å². The maximum Gasteiger partial charge on any atom is 0.359 e. The lowest BCUT2D eigenvalue weighted by Crippen LogP contribution is -2.26. The van der Waals surface area contributed by atoms with Crippen LogP contribution in [-0.4, -0.2) is 15.7 Å². The van der Waals surface area contributed by atoms with E-state index >= 15 is 0 Å². The highest BCUT2D eigenvalue weighted by atomic mass is 16.5. The van der Waals surface area contributed by atoms with E-state index in [-0.39, 0.29) is 17.9 Å². The Kier molecular flexibility index (Phi) is 6.40. The van der Waals surface area contributed by atoms with Crippen LogP contribution in [0.3, 0.4) is 0 Å². The second-order valence-electron chi connectivity index (χ2n) is 8.23. The van der Waals surface area contributed by atoms with E-state index in [9.17, 15) is 14.4 Å². The van der Waals surface area contributed by atoms with Gasteiger partial charge in [-0.3, -0.25) is 4.79 Å². The largest absolute Gasteiger partial charge is 0.456 e. The van der Waals surface area contributed by atoms with Crippen LogP contribution in [0.2, 0.25) is 0 Å². The summed E-state index contributed by atoms with van der Waals surface area (Å²) < 4.78 is 12.2. The van der Waals surface area contributed by atoms with Crippen molar-refractivity contribution in [1.82, 2.24) is 9.78 Å². The van der Waals surface area contributed by atoms with E-state index in [0.29, 0.717) is 33.8 Å². The first-order chi connectivity index (χ1) is 15.9. The predicted molar refractivity (Wildman–Crippen MR) is 127 cm³/mol. The fourth-order valence-corrected chi connectivity index (χ4v) is 3.86. The average molecular weight is 447 g/mol. The van der Waals surface area contributed by atoms with Gasteiger partial charge in [0.2, 0.25) is 0 Å². The van der Waals surface area contributed by atoms with Crippen molar-refractivity contribution in [2.45, 2.75) is 53.2 Å². The Morgan fingerprint density at radius 3 is 2.48 bits per heavy atom. The lowest BCUT2D eigenvalue weighted by Gasteiger charge is -2.12. The summed E-state index contributed by atoms with van der Waals surface area (Å²) in [6.07, 6.45) is 2.76. The van der Waals surface area contributed by atoms with Crippen molar-refractivity contribution in [3.63, 3.8) is 0 Å². The van der Waals surface area contributed by atoms with Crippen molar-refractivity contribution in [2.75, 3.05) is 0 Å². The number of carbonyl (C=O) groups excluding carboxylic acids is 1. The molecule has 7 heteroatoms. The number of nitrogens with zero attached hydrogens (tertiary/aromatic N) is 2. The van der Waals surface area contributed by atoms with Gasteiger partial charge in [-0.05, 0) is 49.6 Å². The highest BCUT2D eigenvalue weighted by Gasteiger charge is 2.19. The molecule has 0 radical (unpaired) electrons. The van der Waals surface area contributed by atoms with Crippen LogP contribution >= 0.6 is 0 Å². The fourth-order valence-electron chi connectivity index (χ4n) is 3.86. The molecule has 4 rings (SSSR count). The number of carbonyl (C=O) groups is 1. The monoisotopic (exact) mass is 446 g/mol. The minimum absolute atomic E-state index is 0.0843. The average Bonchev–Trinajstić information content (AvgIpc) is 2.80. The maximum atomic E-state index is 13.1. The minimum atomic E-state index is -0.652. The maximum absolute atomic E-state index is 13.1. The van der Waals surface area contributed by atoms with Crippen molar-refractivity contribution < 1.29 is 13.9 Å². The van der Waals surface area contributed by atoms with Gasteiger partial charge < -0.3 is 9.15 Å². The lowest BCUT2D eigenvalue weighted by atomic mass is 10.0. The van der Waals surface area contributed by atoms with E-state index in [1.54, 1.807) is 30.3 Å². The molecule has 0 fully saturated rings. The molecule has 0 amide bonds. The number of hydrogen-bond donors (Lipinski definition) is 0. The summed E-state index contributed by atoms with van der Waals surface area (Å²) in [4.78, 5) is 37.9. The molecule has 0 unspecified atom stereocenters. The predicted octanol–water partition coefficient (Wildman–Crippen LogP) is 4.67. The third-order valence-electron chi connectivity index (χ3n) is 5.84. The van der Waals surface area contributed by atoms with Crippen molar-refractivity contribution >= 4 is 27.7 Å². The number of esters is 1. The van der Waals surface area contributed by atoms with Gasteiger partial charge in [-0.2, -0.15) is 5.10 Å². The van der Waals surface area contributed by atoms with E-state index in [1.807, 2.05) is 19.9 Å². The van der Waals surface area contributed by atoms with Crippen LogP contribution in [-0.2, 0) is 17.9 Å². The molecule has 7 nitrogen and oxygen atoms in total. The molecule has 33 heavy (non-hydrogen) atoms. The number of benzene rings is 2. The van der Waals surface area contributed by atoms with E-state index in [0.717, 1.165) is 30.4 Å². The Morgan fingerprint density at radius 2 is 1.73 bits per heavy atom. The standard InChI is InChI=1S/C26H26N2O5/c1-4-5-8-11-28-25(30)20-10-7-6-9-19(20)24(27-28)26(31)32-15-18-14-23(29)33-22-13-17(3)16(2)12-21(18)22/h6-7,9-10,12-14H,4-5,8,11,15H2,1-3H3. The van der Waals surface area contributed by atoms with Gasteiger partial charge in [0.1, 0.15) is 12.2 Å². The van der Waals surface area contributed by atoms with Crippen LogP contribution < -0.4 is 11.2 Å². The zero-order valence-electron chi connectivity index (χ0n) is 19.0. The molecule has 4 aromatic rings. The van der Waals surface area contributed by atoms with Crippen LogP contribution in [0.5, 0.6) is 0 Å². The van der Waals surface area contributed by atoms with E-state index in [2.05, 4.69) is 12.0 Å². The summed E-state index contributed by atoms with van der Waals surface area (Å²) in [5.41, 5.74) is 2.39. The molecule has 0 aliphatic carbocycles. The Balaban J connectivity index is 1.69. The van der Waals surface area contributed by atoms with Crippen molar-refractivity contribution in [2.24, 2.45) is 0 Å². The molecular weight excluding hydrogens is 420 g/mol. The summed E-state index contributed by atoms with van der Waals surface area (Å²) in [6, 6.07) is 11.9. The Morgan fingerprint density at radius 1 is 1.00 bits per heavy atom. The van der Waals surface area contributed by atoms with E-state index in [4.69, 9.17) is 9.15 Å². The van der Waals surface area contributed by atoms with Gasteiger partial charge >= 0.3 is 11.6 Å². The number of ether oxygens (including phenoxy) is 1. The van der Waals surface area contributed by atoms with Crippen molar-refractivity contribution in [3.05, 3.63) is 85.6 Å². The molecule has 0 saturated carbocycles. The highest BCUT2D eigenvalue weighted by Crippen LogP contribution is 2.23. The van der Waals surface area contributed by atoms with Gasteiger partial charge in [0.05, 0.1) is 5.39 Å². The van der Waals surface area contributed by atoms with Gasteiger partial charge in [-0.25, -0.2) is 14.3 Å². The number of aryl methyl sites for hydroxylation is 3. The number of hydrogen-bond acceptors (Lipinski definition) is 6. The molecular formula is C26H26N2O5. The number of fused-ring (bicyclic) bond motifs is 2. The van der Waals surface area contributed by atoms with Gasteiger partial charge in [-0.15, -0.1) is 0 Å². The van der Waals surface area contributed by atoms with Gasteiger partial charge in [0.25, 0.3) is 5.56 Å². The normalized spacial score (nSPS) is 11.2. The molecule has 2 heterocycles. The highest BCUT2D eigenvalue weighted by molar-refractivity contribution is 6.02. The molecule has 0 N–H and O–H groups in total. The molecule has 0 aliphatic heterocycles. The molecule has 2 aromatic carbocycles. The van der Waals surface area contributed by atoms with E-state index in [1.165, 1.54) is 10.7 Å². The van der Waals surface area contributed by atoms with Crippen LogP contribution in [0.15, 0.2) is 56.5 Å². The molecule has 0 atom stereocenters. The van der Waals surface area contributed by atoms with Gasteiger partial charge in [0, 0.05) is 28.9 Å². The SMILES string of the molecule is CCCCCn1nc(C(=O)OCc2cc(=O)oc3cc(C)c(C)cc23)c2ccccc2c1=O. The summed E-state index contributed by atoms with van der Waals surface area (Å²) in [6.45, 7) is 6.30. The topological polar surface area (TPSA) is 91.4 Å². The molecule has 170 valence electrons. The quantitative estimate of drug-likeness (QED) is 0.233. The third kappa shape index (κ3) is 4.58. The molecule has 0 bridgehead atoms. The lowest BCUT2D eigenvalue weighted by molar-refractivity contribution is 0.0466. The molecule has 2 aromatic heterocycles. The van der Waals surface area contributed by atoms with Crippen LogP contribution in [0.25, 0.3) is 21.7 Å². The smallest absolute Gasteiger partial charge is 0.359 e. The van der Waals surface area contributed by atoms with Crippen molar-refractivity contribution in [3.8, 4) is 0 Å². The second kappa shape index (κ2) is 9.40.